The monoisotopic (exact) mass is 503 g/mol. The third-order valence-electron chi connectivity index (χ3n) is 4.97. The number of hydrazine groups is 1. The van der Waals surface area contributed by atoms with Crippen molar-refractivity contribution in [2.24, 2.45) is 16.6 Å². The number of carbonyl (C=O) groups excluding carboxylic acids is 3. The van der Waals surface area contributed by atoms with Crippen molar-refractivity contribution in [1.29, 1.82) is 0 Å². The van der Waals surface area contributed by atoms with Gasteiger partial charge in [-0.05, 0) is 43.4 Å². The van der Waals surface area contributed by atoms with E-state index in [4.69, 9.17) is 10.9 Å². The largest absolute Gasteiger partial charge is 0.475 e. The highest BCUT2D eigenvalue weighted by Crippen LogP contribution is 2.09. The van der Waals surface area contributed by atoms with Crippen LogP contribution in [-0.4, -0.2) is 76.8 Å². The number of nitrogens with one attached hydrogen (secondary N) is 3. The molecule has 14 nitrogen and oxygen atoms in total. The molecule has 0 spiro atoms. The number of hydrogen-bond donors (Lipinski definition) is 7. The quantitative estimate of drug-likeness (QED) is 0.0311. The van der Waals surface area contributed by atoms with Crippen molar-refractivity contribution in [3.8, 4) is 0 Å². The Morgan fingerprint density at radius 1 is 1.06 bits per heavy atom. The zero-order valence-electron chi connectivity index (χ0n) is 20.7. The van der Waals surface area contributed by atoms with Crippen LogP contribution in [0.3, 0.4) is 0 Å². The molecule has 0 aliphatic carbocycles. The van der Waals surface area contributed by atoms with E-state index in [2.05, 4.69) is 20.4 Å². The van der Waals surface area contributed by atoms with Gasteiger partial charge in [0.2, 0.25) is 11.8 Å². The smallest absolute Gasteiger partial charge is 0.469 e. The Morgan fingerprint density at radius 3 is 2.23 bits per heavy atom. The van der Waals surface area contributed by atoms with E-state index in [-0.39, 0.29) is 43.1 Å². The van der Waals surface area contributed by atoms with Crippen molar-refractivity contribution in [1.82, 2.24) is 16.1 Å². The molecule has 35 heavy (non-hydrogen) atoms. The van der Waals surface area contributed by atoms with E-state index in [0.29, 0.717) is 32.1 Å². The summed E-state index contributed by atoms with van der Waals surface area (Å²) < 4.78 is 4.58. The number of amides is 2. The van der Waals surface area contributed by atoms with Gasteiger partial charge in [-0.3, -0.25) is 14.4 Å². The summed E-state index contributed by atoms with van der Waals surface area (Å²) in [5, 5.41) is 32.4. The summed E-state index contributed by atoms with van der Waals surface area (Å²) in [7, 11) is -0.426. The minimum Gasteiger partial charge on any atom is -0.469 e. The third kappa shape index (κ3) is 17.2. The van der Waals surface area contributed by atoms with E-state index in [1.807, 2.05) is 19.3 Å². The Bertz CT molecular complexity index is 707. The number of nitrogens with two attached hydrogens (primary N) is 1. The van der Waals surface area contributed by atoms with Crippen LogP contribution in [-0.2, 0) is 19.1 Å². The number of aliphatic imine (C=N–C) groups is 1. The van der Waals surface area contributed by atoms with Crippen molar-refractivity contribution in [3.63, 3.8) is 0 Å². The Morgan fingerprint density at radius 2 is 1.69 bits per heavy atom. The Labute approximate surface area is 205 Å². The van der Waals surface area contributed by atoms with Crippen LogP contribution in [0.15, 0.2) is 4.99 Å². The molecule has 0 fully saturated rings. The maximum absolute atomic E-state index is 12.8. The molecule has 0 saturated heterocycles. The van der Waals surface area contributed by atoms with Gasteiger partial charge in [0.15, 0.2) is 0 Å². The van der Waals surface area contributed by atoms with Crippen LogP contribution in [0.4, 0.5) is 0 Å². The normalized spacial score (nSPS) is 13.0. The molecule has 0 aliphatic rings. The van der Waals surface area contributed by atoms with E-state index < -0.39 is 30.0 Å². The minimum absolute atomic E-state index is 0.0891. The highest BCUT2D eigenvalue weighted by molar-refractivity contribution is 6.43. The molecule has 0 aliphatic heterocycles. The Kier molecular flexibility index (Phi) is 16.9. The van der Waals surface area contributed by atoms with Crippen molar-refractivity contribution >= 4 is 30.9 Å². The summed E-state index contributed by atoms with van der Waals surface area (Å²) >= 11 is 0. The van der Waals surface area contributed by atoms with Gasteiger partial charge in [0, 0.05) is 19.4 Å². The lowest BCUT2D eigenvalue weighted by atomic mass is 9.75. The molecule has 0 saturated carbocycles. The highest BCUT2D eigenvalue weighted by atomic mass is 16.7. The first kappa shape index (κ1) is 32.1. The molecule has 200 valence electrons. The summed E-state index contributed by atoms with van der Waals surface area (Å²) in [6.07, 6.45) is 4.05. The van der Waals surface area contributed by atoms with Crippen LogP contribution in [0.2, 0.25) is 0 Å². The fourth-order valence-electron chi connectivity index (χ4n) is 3.22. The summed E-state index contributed by atoms with van der Waals surface area (Å²) in [5.41, 5.74) is 7.22. The first-order valence-corrected chi connectivity index (χ1v) is 11.7. The molecule has 0 unspecified atom stereocenters. The second kappa shape index (κ2) is 18.4. The number of methoxy groups -OCH3 is 1. The van der Waals surface area contributed by atoms with Crippen LogP contribution >= 0.6 is 0 Å². The number of esters is 1. The van der Waals surface area contributed by atoms with Crippen LogP contribution in [0.5, 0.6) is 0 Å². The molecule has 8 N–H and O–H groups in total. The molecule has 0 aromatic carbocycles. The summed E-state index contributed by atoms with van der Waals surface area (Å²) in [4.78, 5) is 50.6. The van der Waals surface area contributed by atoms with Crippen LogP contribution in [0.25, 0.3) is 0 Å². The molecule has 2 amide bonds. The van der Waals surface area contributed by atoms with Crippen LogP contribution < -0.4 is 21.8 Å². The SMILES string of the molecule is COC(=O)CCCCCCC(=O)N[C@@H](CCCN=C(N)N[N+](=O)O)C(=O)N[C@@H](CC(C)C)B(O)O. The second-order valence-corrected chi connectivity index (χ2v) is 8.56. The Hall–Kier alpha value is -2.94. The molecular formula is C20H40BN6O8+. The van der Waals surface area contributed by atoms with E-state index >= 15 is 0 Å². The maximum Gasteiger partial charge on any atom is 0.475 e. The molecule has 0 radical (unpaired) electrons. The average molecular weight is 503 g/mol. The van der Waals surface area contributed by atoms with Crippen molar-refractivity contribution < 1.29 is 39.4 Å². The molecule has 15 heteroatoms. The minimum atomic E-state index is -1.76. The van der Waals surface area contributed by atoms with Gasteiger partial charge in [0.05, 0.1) is 13.1 Å². The van der Waals surface area contributed by atoms with Gasteiger partial charge in [-0.15, -0.1) is 0 Å². The number of carbonyl (C=O) groups is 3. The highest BCUT2D eigenvalue weighted by Gasteiger charge is 2.29. The van der Waals surface area contributed by atoms with E-state index in [1.54, 1.807) is 0 Å². The topological polar surface area (TPSA) is 216 Å². The lowest BCUT2D eigenvalue weighted by Gasteiger charge is -2.24. The van der Waals surface area contributed by atoms with Crippen LogP contribution in [0.1, 0.15) is 71.6 Å². The van der Waals surface area contributed by atoms with Crippen LogP contribution in [0, 0.1) is 10.8 Å². The maximum atomic E-state index is 12.8. The zero-order chi connectivity index (χ0) is 26.8. The molecule has 0 bridgehead atoms. The zero-order valence-corrected chi connectivity index (χ0v) is 20.7. The molecule has 0 heterocycles. The molecular weight excluding hydrogens is 463 g/mol. The summed E-state index contributed by atoms with van der Waals surface area (Å²) in [6.45, 7) is 3.85. The van der Waals surface area contributed by atoms with Gasteiger partial charge in [-0.2, -0.15) is 0 Å². The van der Waals surface area contributed by atoms with Crippen molar-refractivity contribution in [2.75, 3.05) is 13.7 Å². The first-order chi connectivity index (χ1) is 16.5. The molecule has 0 aromatic heterocycles. The molecule has 0 rings (SSSR count). The number of rotatable bonds is 18. The number of ether oxygens (including phenoxy) is 1. The van der Waals surface area contributed by atoms with Gasteiger partial charge < -0.3 is 31.2 Å². The molecule has 0 aromatic rings. The average Bonchev–Trinajstić information content (AvgIpc) is 2.76. The third-order valence-corrected chi connectivity index (χ3v) is 4.97. The predicted molar refractivity (Wildman–Crippen MR) is 127 cm³/mol. The summed E-state index contributed by atoms with van der Waals surface area (Å²) in [6, 6.07) is -0.950. The second-order valence-electron chi connectivity index (χ2n) is 8.56. The van der Waals surface area contributed by atoms with Gasteiger partial charge in [0.1, 0.15) is 10.9 Å². The number of nitrogens with zero attached hydrogens (tertiary/aromatic N) is 2. The first-order valence-electron chi connectivity index (χ1n) is 11.7. The van der Waals surface area contributed by atoms with E-state index in [9.17, 15) is 29.3 Å². The molecule has 2 atom stereocenters. The number of unbranched alkanes of at least 4 members (excludes halogenated alkanes) is 3. The van der Waals surface area contributed by atoms with Gasteiger partial charge >= 0.3 is 18.1 Å². The summed E-state index contributed by atoms with van der Waals surface area (Å²) in [5.74, 6) is -2.31. The van der Waals surface area contributed by atoms with Crippen molar-refractivity contribution in [2.45, 2.75) is 83.6 Å². The van der Waals surface area contributed by atoms with Gasteiger partial charge in [-0.1, -0.05) is 26.7 Å². The van der Waals surface area contributed by atoms with Gasteiger partial charge in [-0.25, -0.2) is 10.2 Å². The fourth-order valence-corrected chi connectivity index (χ4v) is 3.22. The van der Waals surface area contributed by atoms with E-state index in [0.717, 1.165) is 12.8 Å². The lowest BCUT2D eigenvalue weighted by molar-refractivity contribution is -0.822. The lowest BCUT2D eigenvalue weighted by Crippen LogP contribution is -2.54. The fraction of sp³-hybridized carbons (Fsp3) is 0.800. The number of hydrogen-bond acceptors (Lipinski definition) is 8. The van der Waals surface area contributed by atoms with Crippen molar-refractivity contribution in [3.05, 3.63) is 4.91 Å². The van der Waals surface area contributed by atoms with E-state index in [1.165, 1.54) is 7.11 Å². The predicted octanol–water partition coefficient (Wildman–Crippen LogP) is -0.705. The number of guanidine groups is 1. The Balaban J connectivity index is 4.87. The standard InChI is InChI=1S/C20H39BN6O8/c1-14(2)13-16(21(31)32)25-19(30)15(9-8-12-23-20(22)26-27(33)34)24-17(28)10-6-4-5-7-11-18(29)35-3/h14-16,31-32H,4-13H2,1-3H3,(H5-,22,23,24,25,26,28,30,33,34)/p+1/t15-,16-/m0/s1. The van der Waals surface area contributed by atoms with Gasteiger partial charge in [0.25, 0.3) is 5.96 Å².